The Labute approximate surface area is 126 Å². The minimum atomic E-state index is -0.174. The molecule has 0 aliphatic carbocycles. The smallest absolute Gasteiger partial charge is 0.221 e. The Morgan fingerprint density at radius 2 is 2.40 bits per heavy atom. The number of nitrogens with two attached hydrogens (primary N) is 1. The lowest BCUT2D eigenvalue weighted by Crippen LogP contribution is -2.40. The van der Waals surface area contributed by atoms with Crippen molar-refractivity contribution in [1.82, 2.24) is 9.88 Å². The lowest BCUT2D eigenvalue weighted by Gasteiger charge is -2.30. The van der Waals surface area contributed by atoms with Crippen LogP contribution in [0.5, 0.6) is 0 Å². The lowest BCUT2D eigenvalue weighted by atomic mass is 9.97. The molecule has 1 saturated heterocycles. The number of aromatic nitrogens is 1. The molecule has 1 atom stereocenters. The van der Waals surface area contributed by atoms with Crippen LogP contribution in [0.1, 0.15) is 18.5 Å². The van der Waals surface area contributed by atoms with Gasteiger partial charge >= 0.3 is 0 Å². The summed E-state index contributed by atoms with van der Waals surface area (Å²) in [7, 11) is 0. The summed E-state index contributed by atoms with van der Waals surface area (Å²) in [4.78, 5) is 18.3. The highest BCUT2D eigenvalue weighted by molar-refractivity contribution is 7.14. The van der Waals surface area contributed by atoms with Crippen LogP contribution in [0, 0.1) is 5.92 Å². The molecule has 1 fully saturated rings. The quantitative estimate of drug-likeness (QED) is 0.944. The van der Waals surface area contributed by atoms with Crippen LogP contribution in [-0.4, -0.2) is 28.9 Å². The van der Waals surface area contributed by atoms with E-state index < -0.39 is 0 Å². The third-order valence-electron chi connectivity index (χ3n) is 3.61. The number of amides is 1. The second kappa shape index (κ2) is 6.03. The van der Waals surface area contributed by atoms with Crippen LogP contribution in [0.15, 0.2) is 22.2 Å². The predicted molar refractivity (Wildman–Crippen MR) is 82.6 cm³/mol. The van der Waals surface area contributed by atoms with E-state index in [0.29, 0.717) is 0 Å². The molecule has 0 saturated carbocycles. The van der Waals surface area contributed by atoms with Crippen molar-refractivity contribution in [2.45, 2.75) is 19.4 Å². The van der Waals surface area contributed by atoms with Crippen molar-refractivity contribution in [3.8, 4) is 10.6 Å². The zero-order valence-electron chi connectivity index (χ0n) is 11.1. The number of piperidine rings is 1. The minimum Gasteiger partial charge on any atom is -0.369 e. The number of carbonyl (C=O) groups is 1. The fraction of sp³-hybridized carbons (Fsp3) is 0.429. The first-order chi connectivity index (χ1) is 9.72. The van der Waals surface area contributed by atoms with Crippen LogP contribution >= 0.6 is 22.7 Å². The van der Waals surface area contributed by atoms with Gasteiger partial charge in [0.15, 0.2) is 0 Å². The van der Waals surface area contributed by atoms with Gasteiger partial charge in [0.2, 0.25) is 5.91 Å². The van der Waals surface area contributed by atoms with E-state index in [1.165, 1.54) is 5.56 Å². The van der Waals surface area contributed by atoms with Crippen molar-refractivity contribution < 1.29 is 4.79 Å². The number of thiazole rings is 1. The van der Waals surface area contributed by atoms with Crippen molar-refractivity contribution in [3.63, 3.8) is 0 Å². The van der Waals surface area contributed by atoms with E-state index in [4.69, 9.17) is 5.73 Å². The highest BCUT2D eigenvalue weighted by Gasteiger charge is 2.24. The molecule has 3 heterocycles. The van der Waals surface area contributed by atoms with E-state index in [0.717, 1.165) is 43.2 Å². The number of hydrogen-bond acceptors (Lipinski definition) is 5. The Balaban J connectivity index is 1.64. The molecule has 0 aromatic carbocycles. The van der Waals surface area contributed by atoms with Gasteiger partial charge in [-0.05, 0) is 30.8 Å². The van der Waals surface area contributed by atoms with Gasteiger partial charge in [0.25, 0.3) is 0 Å². The number of nitrogens with zero attached hydrogens (tertiary/aromatic N) is 2. The molecule has 2 aromatic heterocycles. The molecule has 0 bridgehead atoms. The summed E-state index contributed by atoms with van der Waals surface area (Å²) in [5, 5.41) is 7.37. The van der Waals surface area contributed by atoms with E-state index in [1.54, 1.807) is 22.7 Å². The van der Waals surface area contributed by atoms with Gasteiger partial charge in [0.1, 0.15) is 5.01 Å². The molecular formula is C14H17N3OS2. The molecule has 6 heteroatoms. The lowest BCUT2D eigenvalue weighted by molar-refractivity contribution is -0.123. The molecule has 1 aliphatic heterocycles. The molecular weight excluding hydrogens is 290 g/mol. The first kappa shape index (κ1) is 13.7. The van der Waals surface area contributed by atoms with Crippen molar-refractivity contribution in [2.24, 2.45) is 11.7 Å². The van der Waals surface area contributed by atoms with Crippen molar-refractivity contribution in [2.75, 3.05) is 13.1 Å². The Morgan fingerprint density at radius 1 is 1.50 bits per heavy atom. The van der Waals surface area contributed by atoms with E-state index in [-0.39, 0.29) is 11.8 Å². The summed E-state index contributed by atoms with van der Waals surface area (Å²) in [6.45, 7) is 2.60. The maximum Gasteiger partial charge on any atom is 0.221 e. The molecule has 4 nitrogen and oxygen atoms in total. The second-order valence-electron chi connectivity index (χ2n) is 5.13. The number of carbonyl (C=O) groups excluding carboxylic acids is 1. The molecule has 1 aliphatic rings. The fourth-order valence-electron chi connectivity index (χ4n) is 2.56. The number of likely N-dealkylation sites (tertiary alicyclic amines) is 1. The molecule has 1 amide bonds. The molecule has 2 N–H and O–H groups in total. The third kappa shape index (κ3) is 3.08. The maximum atomic E-state index is 11.3. The normalized spacial score (nSPS) is 20.1. The zero-order valence-corrected chi connectivity index (χ0v) is 12.8. The average molecular weight is 307 g/mol. The van der Waals surface area contributed by atoms with E-state index >= 15 is 0 Å². The van der Waals surface area contributed by atoms with Gasteiger partial charge in [-0.25, -0.2) is 4.98 Å². The molecule has 0 unspecified atom stereocenters. The van der Waals surface area contributed by atoms with Gasteiger partial charge in [-0.2, -0.15) is 11.3 Å². The zero-order chi connectivity index (χ0) is 13.9. The van der Waals surface area contributed by atoms with Gasteiger partial charge in [-0.3, -0.25) is 9.69 Å². The highest BCUT2D eigenvalue weighted by Crippen LogP contribution is 2.27. The van der Waals surface area contributed by atoms with Crippen molar-refractivity contribution in [1.29, 1.82) is 0 Å². The monoisotopic (exact) mass is 307 g/mol. The summed E-state index contributed by atoms with van der Waals surface area (Å²) in [5.74, 6) is -0.175. The first-order valence-electron chi connectivity index (χ1n) is 6.71. The Kier molecular flexibility index (Phi) is 4.14. The number of primary amides is 1. The Bertz CT molecular complexity index is 579. The summed E-state index contributed by atoms with van der Waals surface area (Å²) < 4.78 is 0. The molecule has 20 heavy (non-hydrogen) atoms. The Hall–Kier alpha value is -1.24. The average Bonchev–Trinajstić information content (AvgIpc) is 3.09. The maximum absolute atomic E-state index is 11.3. The second-order valence-corrected chi connectivity index (χ2v) is 6.77. The van der Waals surface area contributed by atoms with Crippen LogP contribution in [0.2, 0.25) is 0 Å². The first-order valence-corrected chi connectivity index (χ1v) is 8.53. The summed E-state index contributed by atoms with van der Waals surface area (Å²) >= 11 is 3.37. The largest absolute Gasteiger partial charge is 0.369 e. The Morgan fingerprint density at radius 3 is 3.15 bits per heavy atom. The van der Waals surface area contributed by atoms with Gasteiger partial charge in [0.05, 0.1) is 11.6 Å². The van der Waals surface area contributed by atoms with Gasteiger partial charge in [-0.1, -0.05) is 0 Å². The van der Waals surface area contributed by atoms with Gasteiger partial charge in [-0.15, -0.1) is 11.3 Å². The fourth-order valence-corrected chi connectivity index (χ4v) is 4.08. The van der Waals surface area contributed by atoms with Crippen LogP contribution in [0.3, 0.4) is 0 Å². The predicted octanol–water partition coefficient (Wildman–Crippen LogP) is 2.57. The van der Waals surface area contributed by atoms with Crippen LogP contribution in [0.4, 0.5) is 0 Å². The van der Waals surface area contributed by atoms with E-state index in [1.807, 2.05) is 0 Å². The van der Waals surface area contributed by atoms with Crippen molar-refractivity contribution >= 4 is 28.6 Å². The minimum absolute atomic E-state index is 0.00118. The van der Waals surface area contributed by atoms with E-state index in [9.17, 15) is 4.79 Å². The van der Waals surface area contributed by atoms with Crippen LogP contribution in [0.25, 0.3) is 10.6 Å². The molecule has 0 spiro atoms. The molecule has 2 aromatic rings. The molecule has 3 rings (SSSR count). The van der Waals surface area contributed by atoms with Gasteiger partial charge in [0, 0.05) is 29.4 Å². The van der Waals surface area contributed by atoms with Crippen LogP contribution in [-0.2, 0) is 11.3 Å². The standard InChI is InChI=1S/C14H17N3OS2/c15-13(18)10-2-1-4-17(6-10)7-12-9-20-14(16-12)11-3-5-19-8-11/h3,5,8-10H,1-2,4,6-7H2,(H2,15,18)/t10-/m1/s1. The number of hydrogen-bond donors (Lipinski definition) is 1. The summed E-state index contributed by atoms with van der Waals surface area (Å²) in [6, 6.07) is 2.09. The number of rotatable bonds is 4. The third-order valence-corrected chi connectivity index (χ3v) is 5.24. The topological polar surface area (TPSA) is 59.2 Å². The molecule has 106 valence electrons. The van der Waals surface area contributed by atoms with Gasteiger partial charge < -0.3 is 5.73 Å². The highest BCUT2D eigenvalue weighted by atomic mass is 32.1. The summed E-state index contributed by atoms with van der Waals surface area (Å²) in [6.07, 6.45) is 1.96. The number of thiophene rings is 1. The van der Waals surface area contributed by atoms with Crippen molar-refractivity contribution in [3.05, 3.63) is 27.9 Å². The summed E-state index contributed by atoms with van der Waals surface area (Å²) in [5.41, 5.74) is 7.69. The van der Waals surface area contributed by atoms with Crippen LogP contribution < -0.4 is 5.73 Å². The molecule has 0 radical (unpaired) electrons. The SMILES string of the molecule is NC(=O)[C@@H]1CCCN(Cc2csc(-c3ccsc3)n2)C1. The van der Waals surface area contributed by atoms with E-state index in [2.05, 4.69) is 32.1 Å².